The molecule has 0 fully saturated rings. The summed E-state index contributed by atoms with van der Waals surface area (Å²) < 4.78 is 0. The molecule has 0 aliphatic heterocycles. The molecule has 0 aliphatic rings. The molecule has 70 valence electrons. The van der Waals surface area contributed by atoms with Crippen LogP contribution in [0.25, 0.3) is 10.4 Å². The first-order chi connectivity index (χ1) is 6.79. The molecule has 0 N–H and O–H groups in total. The number of carbonyl (C=O) groups excluding carboxylic acids is 1. The van der Waals surface area contributed by atoms with Crippen molar-refractivity contribution < 1.29 is 4.79 Å². The summed E-state index contributed by atoms with van der Waals surface area (Å²) in [5.74, 6) is 0. The number of hydrogen-bond acceptors (Lipinski definition) is 3. The largest absolute Gasteiger partial charge is 0.295 e. The van der Waals surface area contributed by atoms with Crippen molar-refractivity contribution in [2.24, 2.45) is 0 Å². The molecule has 4 heteroatoms. The number of benzene rings is 1. The van der Waals surface area contributed by atoms with Gasteiger partial charge in [0.1, 0.15) is 0 Å². The summed E-state index contributed by atoms with van der Waals surface area (Å²) in [5.41, 5.74) is 1.03. The molecule has 0 aliphatic carbocycles. The Hall–Kier alpha value is -1.19. The fourth-order valence-electron chi connectivity index (χ4n) is 1.09. The van der Waals surface area contributed by atoms with Gasteiger partial charge in [-0.15, -0.1) is 11.3 Å². The molecule has 0 amide bonds. The zero-order valence-corrected chi connectivity index (χ0v) is 8.68. The molecular formula is C10H6ClNOS. The second-order valence-electron chi connectivity index (χ2n) is 2.69. The quantitative estimate of drug-likeness (QED) is 0.732. The van der Waals surface area contributed by atoms with Gasteiger partial charge < -0.3 is 0 Å². The van der Waals surface area contributed by atoms with Crippen LogP contribution in [0.3, 0.4) is 0 Å². The molecular weight excluding hydrogens is 218 g/mol. The van der Waals surface area contributed by atoms with Gasteiger partial charge in [0.05, 0.1) is 4.88 Å². The third-order valence-corrected chi connectivity index (χ3v) is 2.98. The molecule has 2 nitrogen and oxygen atoms in total. The van der Waals surface area contributed by atoms with Crippen molar-refractivity contribution in [1.29, 1.82) is 0 Å². The van der Waals surface area contributed by atoms with Crippen LogP contribution in [-0.4, -0.2) is 11.3 Å². The first-order valence-electron chi connectivity index (χ1n) is 3.96. The molecule has 2 rings (SSSR count). The number of aldehydes is 1. The van der Waals surface area contributed by atoms with E-state index in [4.69, 9.17) is 11.6 Å². The molecule has 1 aromatic carbocycles. The van der Waals surface area contributed by atoms with E-state index in [0.29, 0.717) is 10.0 Å². The summed E-state index contributed by atoms with van der Waals surface area (Å²) in [6, 6.07) is 7.45. The smallest absolute Gasteiger partial charge is 0.178 e. The summed E-state index contributed by atoms with van der Waals surface area (Å²) in [5, 5.41) is 1.20. The molecule has 14 heavy (non-hydrogen) atoms. The predicted molar refractivity (Wildman–Crippen MR) is 57.9 cm³/mol. The van der Waals surface area contributed by atoms with E-state index in [2.05, 4.69) is 4.98 Å². The summed E-state index contributed by atoms with van der Waals surface area (Å²) in [4.78, 5) is 15.4. The molecule has 0 radical (unpaired) electrons. The van der Waals surface area contributed by atoms with E-state index in [0.717, 1.165) is 16.7 Å². The highest BCUT2D eigenvalue weighted by Crippen LogP contribution is 2.26. The SMILES string of the molecule is O=Cc1ncc(-c2ccc(Cl)cc2)s1. The number of halogens is 1. The zero-order valence-electron chi connectivity index (χ0n) is 7.11. The van der Waals surface area contributed by atoms with Crippen molar-refractivity contribution in [3.8, 4) is 10.4 Å². The molecule has 0 saturated heterocycles. The van der Waals surface area contributed by atoms with Gasteiger partial charge >= 0.3 is 0 Å². The van der Waals surface area contributed by atoms with E-state index in [9.17, 15) is 4.79 Å². The van der Waals surface area contributed by atoms with E-state index < -0.39 is 0 Å². The molecule has 2 aromatic rings. The average molecular weight is 224 g/mol. The van der Waals surface area contributed by atoms with Crippen molar-refractivity contribution in [2.75, 3.05) is 0 Å². The number of hydrogen-bond donors (Lipinski definition) is 0. The maximum absolute atomic E-state index is 10.4. The number of carbonyl (C=O) groups is 1. The second kappa shape index (κ2) is 3.90. The minimum Gasteiger partial charge on any atom is -0.295 e. The summed E-state index contributed by atoms with van der Waals surface area (Å²) in [7, 11) is 0. The third-order valence-electron chi connectivity index (χ3n) is 1.75. The molecule has 0 bridgehead atoms. The number of thiazole rings is 1. The van der Waals surface area contributed by atoms with Crippen molar-refractivity contribution in [1.82, 2.24) is 4.98 Å². The number of rotatable bonds is 2. The second-order valence-corrected chi connectivity index (χ2v) is 4.19. The fourth-order valence-corrected chi connectivity index (χ4v) is 1.95. The standard InChI is InChI=1S/C10H6ClNOS/c11-8-3-1-7(2-4-8)9-5-12-10(6-13)14-9/h1-6H. The van der Waals surface area contributed by atoms with E-state index in [1.165, 1.54) is 11.3 Å². The summed E-state index contributed by atoms with van der Waals surface area (Å²) >= 11 is 7.13. The lowest BCUT2D eigenvalue weighted by Crippen LogP contribution is -1.70. The first kappa shape index (κ1) is 9.37. The zero-order chi connectivity index (χ0) is 9.97. The van der Waals surface area contributed by atoms with Crippen molar-refractivity contribution in [2.45, 2.75) is 0 Å². The predicted octanol–water partition coefficient (Wildman–Crippen LogP) is 3.28. The molecule has 1 aromatic heterocycles. The lowest BCUT2D eigenvalue weighted by molar-refractivity contribution is 0.112. The van der Waals surface area contributed by atoms with Gasteiger partial charge in [0, 0.05) is 11.2 Å². The van der Waals surface area contributed by atoms with Crippen LogP contribution in [0.5, 0.6) is 0 Å². The lowest BCUT2D eigenvalue weighted by Gasteiger charge is -1.95. The Balaban J connectivity index is 2.39. The normalized spacial score (nSPS) is 10.1. The van der Waals surface area contributed by atoms with Crippen molar-refractivity contribution >= 4 is 29.2 Å². The van der Waals surface area contributed by atoms with Gasteiger partial charge in [-0.2, -0.15) is 0 Å². The van der Waals surface area contributed by atoms with Crippen LogP contribution in [-0.2, 0) is 0 Å². The van der Waals surface area contributed by atoms with E-state index >= 15 is 0 Å². The van der Waals surface area contributed by atoms with E-state index in [-0.39, 0.29) is 0 Å². The highest BCUT2D eigenvalue weighted by Gasteiger charge is 2.02. The Morgan fingerprint density at radius 1 is 1.29 bits per heavy atom. The van der Waals surface area contributed by atoms with E-state index in [1.807, 2.05) is 24.3 Å². The van der Waals surface area contributed by atoms with Gasteiger partial charge in [-0.25, -0.2) is 4.98 Å². The first-order valence-corrected chi connectivity index (χ1v) is 5.16. The molecule has 0 atom stereocenters. The number of nitrogens with zero attached hydrogens (tertiary/aromatic N) is 1. The van der Waals surface area contributed by atoms with Gasteiger partial charge in [-0.05, 0) is 17.7 Å². The molecule has 1 heterocycles. The van der Waals surface area contributed by atoms with Crippen LogP contribution < -0.4 is 0 Å². The van der Waals surface area contributed by atoms with Crippen LogP contribution in [0.15, 0.2) is 30.5 Å². The molecule has 0 spiro atoms. The van der Waals surface area contributed by atoms with E-state index in [1.54, 1.807) is 6.20 Å². The van der Waals surface area contributed by atoms with Crippen LogP contribution in [0.2, 0.25) is 5.02 Å². The maximum atomic E-state index is 10.4. The monoisotopic (exact) mass is 223 g/mol. The molecule has 0 saturated carbocycles. The van der Waals surface area contributed by atoms with Crippen LogP contribution in [0, 0.1) is 0 Å². The van der Waals surface area contributed by atoms with Gasteiger partial charge in [0.2, 0.25) is 0 Å². The van der Waals surface area contributed by atoms with Crippen LogP contribution in [0.1, 0.15) is 9.80 Å². The maximum Gasteiger partial charge on any atom is 0.178 e. The minimum atomic E-state index is 0.495. The fraction of sp³-hybridized carbons (Fsp3) is 0. The molecule has 0 unspecified atom stereocenters. The third kappa shape index (κ3) is 1.84. The van der Waals surface area contributed by atoms with Gasteiger partial charge in [0.15, 0.2) is 11.3 Å². The van der Waals surface area contributed by atoms with Crippen LogP contribution in [0.4, 0.5) is 0 Å². The Morgan fingerprint density at radius 3 is 2.57 bits per heavy atom. The Labute approximate surface area is 90.2 Å². The highest BCUT2D eigenvalue weighted by atomic mass is 35.5. The summed E-state index contributed by atoms with van der Waals surface area (Å²) in [6.07, 6.45) is 2.45. The van der Waals surface area contributed by atoms with Gasteiger partial charge in [0.25, 0.3) is 0 Å². The Bertz CT molecular complexity index is 449. The van der Waals surface area contributed by atoms with Crippen molar-refractivity contribution in [3.05, 3.63) is 40.5 Å². The summed E-state index contributed by atoms with van der Waals surface area (Å²) in [6.45, 7) is 0. The Kier molecular flexibility index (Phi) is 2.61. The topological polar surface area (TPSA) is 30.0 Å². The lowest BCUT2D eigenvalue weighted by atomic mass is 10.2. The highest BCUT2D eigenvalue weighted by molar-refractivity contribution is 7.16. The van der Waals surface area contributed by atoms with Crippen LogP contribution >= 0.6 is 22.9 Å². The van der Waals surface area contributed by atoms with Gasteiger partial charge in [-0.1, -0.05) is 23.7 Å². The number of aromatic nitrogens is 1. The van der Waals surface area contributed by atoms with Gasteiger partial charge in [-0.3, -0.25) is 4.79 Å². The average Bonchev–Trinajstić information content (AvgIpc) is 2.67. The minimum absolute atomic E-state index is 0.495. The Morgan fingerprint density at radius 2 is 2.00 bits per heavy atom. The van der Waals surface area contributed by atoms with Crippen molar-refractivity contribution in [3.63, 3.8) is 0 Å².